The van der Waals surface area contributed by atoms with E-state index >= 15 is 0 Å². The summed E-state index contributed by atoms with van der Waals surface area (Å²) in [4.78, 5) is 25.5. The van der Waals surface area contributed by atoms with Gasteiger partial charge < -0.3 is 24.8 Å². The van der Waals surface area contributed by atoms with Crippen molar-refractivity contribution in [1.29, 1.82) is 0 Å². The zero-order valence-electron chi connectivity index (χ0n) is 14.0. The predicted molar refractivity (Wildman–Crippen MR) is 84.3 cm³/mol. The van der Waals surface area contributed by atoms with Crippen LogP contribution in [0.25, 0.3) is 0 Å². The van der Waals surface area contributed by atoms with Crippen molar-refractivity contribution in [1.82, 2.24) is 4.90 Å². The normalized spacial score (nSPS) is 14.7. The van der Waals surface area contributed by atoms with E-state index in [1.165, 1.54) is 6.07 Å². The number of β-amino-alcohol motifs (C(OH)–C–C–N with tert-alkyl or cyclic N) is 1. The Labute approximate surface area is 147 Å². The SMILES string of the molecule is COC(=O)C1=C(Nc2cccc(OC)c2C(F)(F)F)C(=O)N(CCO)C1. The maximum Gasteiger partial charge on any atom is 0.421 e. The van der Waals surface area contributed by atoms with Gasteiger partial charge >= 0.3 is 12.1 Å². The summed E-state index contributed by atoms with van der Waals surface area (Å²) in [7, 11) is 2.19. The number of methoxy groups -OCH3 is 2. The van der Waals surface area contributed by atoms with Gasteiger partial charge in [-0.3, -0.25) is 4.79 Å². The Balaban J connectivity index is 2.51. The lowest BCUT2D eigenvalue weighted by Gasteiger charge is -2.19. The van der Waals surface area contributed by atoms with Gasteiger partial charge in [0, 0.05) is 6.54 Å². The minimum atomic E-state index is -4.76. The fourth-order valence-electron chi connectivity index (χ4n) is 2.58. The number of esters is 1. The molecule has 0 radical (unpaired) electrons. The molecule has 1 aromatic carbocycles. The molecular formula is C16H17F3N2O5. The van der Waals surface area contributed by atoms with Crippen molar-refractivity contribution in [3.63, 3.8) is 0 Å². The van der Waals surface area contributed by atoms with Crippen molar-refractivity contribution >= 4 is 17.6 Å². The van der Waals surface area contributed by atoms with E-state index in [-0.39, 0.29) is 31.0 Å². The van der Waals surface area contributed by atoms with Crippen LogP contribution in [0.4, 0.5) is 18.9 Å². The van der Waals surface area contributed by atoms with Crippen LogP contribution in [0.1, 0.15) is 5.56 Å². The minimum absolute atomic E-state index is 0.0747. The summed E-state index contributed by atoms with van der Waals surface area (Å²) in [5.41, 5.74) is -1.99. The maximum atomic E-state index is 13.4. The topological polar surface area (TPSA) is 88.1 Å². The Bertz CT molecular complexity index is 746. The molecule has 1 amide bonds. The van der Waals surface area contributed by atoms with Gasteiger partial charge in [0.05, 0.1) is 38.6 Å². The van der Waals surface area contributed by atoms with E-state index in [9.17, 15) is 22.8 Å². The molecule has 0 saturated heterocycles. The van der Waals surface area contributed by atoms with Crippen molar-refractivity contribution in [2.45, 2.75) is 6.18 Å². The first kappa shape index (κ1) is 19.6. The molecule has 0 atom stereocenters. The molecule has 142 valence electrons. The van der Waals surface area contributed by atoms with Crippen LogP contribution in [0.15, 0.2) is 29.5 Å². The molecule has 7 nitrogen and oxygen atoms in total. The third-order valence-electron chi connectivity index (χ3n) is 3.74. The van der Waals surface area contributed by atoms with E-state index in [1.807, 2.05) is 0 Å². The van der Waals surface area contributed by atoms with Gasteiger partial charge in [0.25, 0.3) is 5.91 Å². The lowest BCUT2D eigenvalue weighted by Crippen LogP contribution is -2.31. The monoisotopic (exact) mass is 374 g/mol. The number of nitrogens with one attached hydrogen (secondary N) is 1. The number of carbonyl (C=O) groups is 2. The summed E-state index contributed by atoms with van der Waals surface area (Å²) >= 11 is 0. The number of halogens is 3. The summed E-state index contributed by atoms with van der Waals surface area (Å²) in [6.45, 7) is -0.616. The second-order valence-corrected chi connectivity index (χ2v) is 5.30. The molecule has 0 aliphatic carbocycles. The van der Waals surface area contributed by atoms with Gasteiger partial charge in [0.1, 0.15) is 17.0 Å². The van der Waals surface area contributed by atoms with E-state index in [2.05, 4.69) is 10.1 Å². The van der Waals surface area contributed by atoms with Crippen LogP contribution < -0.4 is 10.1 Å². The van der Waals surface area contributed by atoms with Crippen molar-refractivity contribution in [3.05, 3.63) is 35.0 Å². The molecule has 1 aliphatic rings. The Hall–Kier alpha value is -2.75. The van der Waals surface area contributed by atoms with Crippen LogP contribution >= 0.6 is 0 Å². The van der Waals surface area contributed by atoms with Crippen molar-refractivity contribution in [2.24, 2.45) is 0 Å². The van der Waals surface area contributed by atoms with E-state index in [0.29, 0.717) is 0 Å². The number of nitrogens with zero attached hydrogens (tertiary/aromatic N) is 1. The zero-order valence-corrected chi connectivity index (χ0v) is 14.0. The number of aliphatic hydroxyl groups is 1. The van der Waals surface area contributed by atoms with E-state index < -0.39 is 35.1 Å². The maximum absolute atomic E-state index is 13.4. The molecule has 0 spiro atoms. The first-order valence-corrected chi connectivity index (χ1v) is 7.47. The van der Waals surface area contributed by atoms with Crippen molar-refractivity contribution < 1.29 is 37.3 Å². The molecule has 0 fully saturated rings. The highest BCUT2D eigenvalue weighted by Crippen LogP contribution is 2.42. The van der Waals surface area contributed by atoms with Gasteiger partial charge in [0.15, 0.2) is 0 Å². The fraction of sp³-hybridized carbons (Fsp3) is 0.375. The Kier molecular flexibility index (Phi) is 5.76. The number of ether oxygens (including phenoxy) is 2. The molecule has 1 aromatic rings. The summed E-state index contributed by atoms with van der Waals surface area (Å²) in [6, 6.07) is 3.58. The molecule has 0 unspecified atom stereocenters. The Morgan fingerprint density at radius 3 is 2.58 bits per heavy atom. The van der Waals surface area contributed by atoms with Crippen LogP contribution in [0, 0.1) is 0 Å². The number of carbonyl (C=O) groups excluding carboxylic acids is 2. The molecule has 26 heavy (non-hydrogen) atoms. The molecule has 0 bridgehead atoms. The third-order valence-corrected chi connectivity index (χ3v) is 3.74. The second-order valence-electron chi connectivity index (χ2n) is 5.30. The molecule has 1 heterocycles. The largest absolute Gasteiger partial charge is 0.496 e. The summed E-state index contributed by atoms with van der Waals surface area (Å²) in [5, 5.41) is 11.4. The van der Waals surface area contributed by atoms with Crippen molar-refractivity contribution in [3.8, 4) is 5.75 Å². The molecule has 2 N–H and O–H groups in total. The predicted octanol–water partition coefficient (Wildman–Crippen LogP) is 1.39. The highest BCUT2D eigenvalue weighted by atomic mass is 19.4. The van der Waals surface area contributed by atoms with Crippen LogP contribution in [0.2, 0.25) is 0 Å². The molecule has 0 saturated carbocycles. The van der Waals surface area contributed by atoms with Crippen LogP contribution in [0.5, 0.6) is 5.75 Å². The zero-order chi connectivity index (χ0) is 19.5. The average Bonchev–Trinajstić information content (AvgIpc) is 2.90. The van der Waals surface area contributed by atoms with Crippen LogP contribution in [-0.2, 0) is 20.5 Å². The van der Waals surface area contributed by atoms with Crippen LogP contribution in [0.3, 0.4) is 0 Å². The van der Waals surface area contributed by atoms with Gasteiger partial charge in [-0.15, -0.1) is 0 Å². The molecular weight excluding hydrogens is 357 g/mol. The molecule has 0 aromatic heterocycles. The first-order chi connectivity index (χ1) is 12.2. The highest BCUT2D eigenvalue weighted by Gasteiger charge is 2.40. The van der Waals surface area contributed by atoms with Gasteiger partial charge in [-0.2, -0.15) is 13.2 Å². The number of anilines is 1. The van der Waals surface area contributed by atoms with Gasteiger partial charge in [-0.25, -0.2) is 4.79 Å². The minimum Gasteiger partial charge on any atom is -0.496 e. The average molecular weight is 374 g/mol. The number of alkyl halides is 3. The van der Waals surface area contributed by atoms with Crippen molar-refractivity contribution in [2.75, 3.05) is 39.2 Å². The third kappa shape index (κ3) is 3.74. The van der Waals surface area contributed by atoms with Gasteiger partial charge in [-0.05, 0) is 12.1 Å². The molecule has 1 aliphatic heterocycles. The lowest BCUT2D eigenvalue weighted by molar-refractivity contribution is -0.138. The quantitative estimate of drug-likeness (QED) is 0.732. The smallest absolute Gasteiger partial charge is 0.421 e. The lowest BCUT2D eigenvalue weighted by atomic mass is 10.1. The fourth-order valence-corrected chi connectivity index (χ4v) is 2.58. The van der Waals surface area contributed by atoms with E-state index in [0.717, 1.165) is 31.3 Å². The Morgan fingerprint density at radius 2 is 2.04 bits per heavy atom. The summed E-state index contributed by atoms with van der Waals surface area (Å²) < 4.78 is 49.6. The second kappa shape index (κ2) is 7.65. The summed E-state index contributed by atoms with van der Waals surface area (Å²) in [5.74, 6) is -1.99. The van der Waals surface area contributed by atoms with Gasteiger partial charge in [0.2, 0.25) is 0 Å². The Morgan fingerprint density at radius 1 is 1.35 bits per heavy atom. The number of rotatable bonds is 6. The highest BCUT2D eigenvalue weighted by molar-refractivity contribution is 6.08. The molecule has 2 rings (SSSR count). The first-order valence-electron chi connectivity index (χ1n) is 7.47. The summed E-state index contributed by atoms with van der Waals surface area (Å²) in [6.07, 6.45) is -4.76. The van der Waals surface area contributed by atoms with Crippen LogP contribution in [-0.4, -0.2) is 55.8 Å². The number of amides is 1. The van der Waals surface area contributed by atoms with Gasteiger partial charge in [-0.1, -0.05) is 6.07 Å². The molecule has 10 heteroatoms. The number of hydrogen-bond acceptors (Lipinski definition) is 6. The number of hydrogen-bond donors (Lipinski definition) is 2. The van der Waals surface area contributed by atoms with E-state index in [4.69, 9.17) is 9.84 Å². The number of benzene rings is 1. The standard InChI is InChI=1S/C16H17F3N2O5/c1-25-11-5-3-4-10(12(11)16(17,18)19)20-13-9(15(24)26-2)8-21(6-7-22)14(13)23/h3-5,20,22H,6-8H2,1-2H3. The van der Waals surface area contributed by atoms with E-state index in [1.54, 1.807) is 0 Å². The number of aliphatic hydroxyl groups excluding tert-OH is 1.